The van der Waals surface area contributed by atoms with Crippen molar-refractivity contribution in [2.24, 2.45) is 16.9 Å². The van der Waals surface area contributed by atoms with Crippen LogP contribution in [0.2, 0.25) is 0 Å². The summed E-state index contributed by atoms with van der Waals surface area (Å²) in [4.78, 5) is 35.9. The standard InChI is InChI=1S/C12H21N3O3/c1-11(2)7-8(16)15(10(11)18)6-4-5-12(3,14)9(13)17/h4-7,14H2,1-3H3,(H2,13,17). The number of carbonyl (C=O) groups is 3. The lowest BCUT2D eigenvalue weighted by molar-refractivity contribution is -0.140. The first-order chi connectivity index (χ1) is 8.08. The SMILES string of the molecule is CC1(C)CC(=O)N(CCCC(C)(N)C(N)=O)C1=O. The van der Waals surface area contributed by atoms with E-state index in [1.54, 1.807) is 20.8 Å². The van der Waals surface area contributed by atoms with Crippen LogP contribution in [0, 0.1) is 5.41 Å². The molecule has 0 bridgehead atoms. The lowest BCUT2D eigenvalue weighted by atomic mass is 9.92. The molecule has 0 aliphatic carbocycles. The first kappa shape index (κ1) is 14.6. The predicted octanol–water partition coefficient (Wildman–Crippen LogP) is -0.246. The number of nitrogens with zero attached hydrogens (tertiary/aromatic N) is 1. The van der Waals surface area contributed by atoms with E-state index < -0.39 is 16.9 Å². The number of carbonyl (C=O) groups excluding carboxylic acids is 3. The summed E-state index contributed by atoms with van der Waals surface area (Å²) in [5.74, 6) is -0.907. The molecule has 18 heavy (non-hydrogen) atoms. The zero-order valence-corrected chi connectivity index (χ0v) is 11.2. The maximum atomic E-state index is 11.9. The summed E-state index contributed by atoms with van der Waals surface area (Å²) in [6.07, 6.45) is 1.06. The van der Waals surface area contributed by atoms with Crippen LogP contribution >= 0.6 is 0 Å². The van der Waals surface area contributed by atoms with Gasteiger partial charge in [-0.25, -0.2) is 0 Å². The first-order valence-electron chi connectivity index (χ1n) is 6.01. The van der Waals surface area contributed by atoms with E-state index >= 15 is 0 Å². The second kappa shape index (κ2) is 4.68. The van der Waals surface area contributed by atoms with Crippen molar-refractivity contribution < 1.29 is 14.4 Å². The number of primary amides is 1. The van der Waals surface area contributed by atoms with Crippen molar-refractivity contribution in [1.82, 2.24) is 4.90 Å². The van der Waals surface area contributed by atoms with Gasteiger partial charge in [0.05, 0.1) is 11.0 Å². The molecule has 1 aliphatic rings. The van der Waals surface area contributed by atoms with Gasteiger partial charge in [0.15, 0.2) is 0 Å². The lowest BCUT2D eigenvalue weighted by Crippen LogP contribution is -2.49. The highest BCUT2D eigenvalue weighted by atomic mass is 16.2. The monoisotopic (exact) mass is 255 g/mol. The molecule has 1 heterocycles. The maximum Gasteiger partial charge on any atom is 0.237 e. The molecule has 1 rings (SSSR count). The number of hydrogen-bond donors (Lipinski definition) is 2. The molecule has 0 aromatic rings. The summed E-state index contributed by atoms with van der Waals surface area (Å²) in [7, 11) is 0. The fourth-order valence-electron chi connectivity index (χ4n) is 1.98. The van der Waals surface area contributed by atoms with Crippen LogP contribution in [-0.2, 0) is 14.4 Å². The van der Waals surface area contributed by atoms with Crippen molar-refractivity contribution in [2.45, 2.75) is 45.6 Å². The first-order valence-corrected chi connectivity index (χ1v) is 6.01. The third-order valence-electron chi connectivity index (χ3n) is 3.36. The smallest absolute Gasteiger partial charge is 0.237 e. The van der Waals surface area contributed by atoms with Gasteiger partial charge in [-0.1, -0.05) is 13.8 Å². The fraction of sp³-hybridized carbons (Fsp3) is 0.750. The van der Waals surface area contributed by atoms with E-state index in [1.165, 1.54) is 4.90 Å². The van der Waals surface area contributed by atoms with Crippen LogP contribution in [-0.4, -0.2) is 34.7 Å². The van der Waals surface area contributed by atoms with Crippen molar-refractivity contribution in [1.29, 1.82) is 0 Å². The van der Waals surface area contributed by atoms with Gasteiger partial charge in [-0.15, -0.1) is 0 Å². The van der Waals surface area contributed by atoms with Crippen molar-refractivity contribution in [3.05, 3.63) is 0 Å². The maximum absolute atomic E-state index is 11.9. The van der Waals surface area contributed by atoms with Gasteiger partial charge >= 0.3 is 0 Å². The minimum absolute atomic E-state index is 0.162. The molecule has 102 valence electrons. The van der Waals surface area contributed by atoms with Crippen molar-refractivity contribution in [2.75, 3.05) is 6.54 Å². The topological polar surface area (TPSA) is 106 Å². The Morgan fingerprint density at radius 2 is 2.00 bits per heavy atom. The average molecular weight is 255 g/mol. The van der Waals surface area contributed by atoms with Crippen LogP contribution in [0.15, 0.2) is 0 Å². The molecular weight excluding hydrogens is 234 g/mol. The minimum Gasteiger partial charge on any atom is -0.368 e. The Kier molecular flexibility index (Phi) is 3.81. The summed E-state index contributed by atoms with van der Waals surface area (Å²) in [6.45, 7) is 5.35. The van der Waals surface area contributed by atoms with Crippen LogP contribution in [0.1, 0.15) is 40.0 Å². The van der Waals surface area contributed by atoms with E-state index in [0.717, 1.165) is 0 Å². The minimum atomic E-state index is -1.10. The Bertz CT molecular complexity index is 388. The highest BCUT2D eigenvalue weighted by molar-refractivity contribution is 6.05. The van der Waals surface area contributed by atoms with Gasteiger partial charge in [0.1, 0.15) is 0 Å². The summed E-state index contributed by atoms with van der Waals surface area (Å²) >= 11 is 0. The Morgan fingerprint density at radius 3 is 2.39 bits per heavy atom. The van der Waals surface area contributed by atoms with Crippen LogP contribution in [0.3, 0.4) is 0 Å². The van der Waals surface area contributed by atoms with Gasteiger partial charge in [-0.2, -0.15) is 0 Å². The van der Waals surface area contributed by atoms with E-state index in [0.29, 0.717) is 19.4 Å². The molecule has 1 aliphatic heterocycles. The largest absolute Gasteiger partial charge is 0.368 e. The van der Waals surface area contributed by atoms with Gasteiger partial charge in [0.2, 0.25) is 17.7 Å². The van der Waals surface area contributed by atoms with Crippen LogP contribution < -0.4 is 11.5 Å². The van der Waals surface area contributed by atoms with Gasteiger partial charge in [0, 0.05) is 13.0 Å². The highest BCUT2D eigenvalue weighted by Crippen LogP contribution is 2.31. The van der Waals surface area contributed by atoms with E-state index in [2.05, 4.69) is 0 Å². The molecule has 3 amide bonds. The molecule has 0 aromatic heterocycles. The van der Waals surface area contributed by atoms with E-state index in [9.17, 15) is 14.4 Å². The van der Waals surface area contributed by atoms with Crippen molar-refractivity contribution in [3.8, 4) is 0 Å². The van der Waals surface area contributed by atoms with Crippen molar-refractivity contribution >= 4 is 17.7 Å². The normalized spacial score (nSPS) is 22.1. The zero-order chi connectivity index (χ0) is 14.1. The molecule has 6 nitrogen and oxygen atoms in total. The molecule has 1 atom stereocenters. The van der Waals surface area contributed by atoms with E-state index in [4.69, 9.17) is 11.5 Å². The zero-order valence-electron chi connectivity index (χ0n) is 11.2. The Balaban J connectivity index is 2.53. The molecule has 0 spiro atoms. The Labute approximate surface area is 107 Å². The molecule has 0 saturated carbocycles. The third-order valence-corrected chi connectivity index (χ3v) is 3.36. The number of likely N-dealkylation sites (tertiary alicyclic amines) is 1. The van der Waals surface area contributed by atoms with Gasteiger partial charge in [0.25, 0.3) is 0 Å². The van der Waals surface area contributed by atoms with Gasteiger partial charge in [-0.05, 0) is 19.8 Å². The lowest BCUT2D eigenvalue weighted by Gasteiger charge is -2.22. The van der Waals surface area contributed by atoms with Crippen LogP contribution in [0.4, 0.5) is 0 Å². The summed E-state index contributed by atoms with van der Waals surface area (Å²) < 4.78 is 0. The Hall–Kier alpha value is -1.43. The molecule has 1 fully saturated rings. The molecule has 1 saturated heterocycles. The molecule has 6 heteroatoms. The van der Waals surface area contributed by atoms with E-state index in [1.807, 2.05) is 0 Å². The number of rotatable bonds is 5. The molecule has 0 radical (unpaired) electrons. The Morgan fingerprint density at radius 1 is 1.44 bits per heavy atom. The number of imide groups is 1. The molecular formula is C12H21N3O3. The highest BCUT2D eigenvalue weighted by Gasteiger charge is 2.44. The average Bonchev–Trinajstić information content (AvgIpc) is 2.39. The van der Waals surface area contributed by atoms with Crippen LogP contribution in [0.25, 0.3) is 0 Å². The second-order valence-corrected chi connectivity index (χ2v) is 5.80. The molecule has 0 aromatic carbocycles. The third kappa shape index (κ3) is 2.87. The fourth-order valence-corrected chi connectivity index (χ4v) is 1.98. The molecule has 4 N–H and O–H groups in total. The molecule has 1 unspecified atom stereocenters. The summed E-state index contributed by atoms with van der Waals surface area (Å²) in [6, 6.07) is 0. The van der Waals surface area contributed by atoms with Crippen molar-refractivity contribution in [3.63, 3.8) is 0 Å². The summed E-state index contributed by atoms with van der Waals surface area (Å²) in [5, 5.41) is 0. The van der Waals surface area contributed by atoms with Gasteiger partial charge < -0.3 is 11.5 Å². The summed E-state index contributed by atoms with van der Waals surface area (Å²) in [5.41, 5.74) is 9.14. The predicted molar refractivity (Wildman–Crippen MR) is 66.1 cm³/mol. The number of hydrogen-bond acceptors (Lipinski definition) is 4. The number of amides is 3. The number of nitrogens with two attached hydrogens (primary N) is 2. The second-order valence-electron chi connectivity index (χ2n) is 5.80. The van der Waals surface area contributed by atoms with Crippen LogP contribution in [0.5, 0.6) is 0 Å². The van der Waals surface area contributed by atoms with Gasteiger partial charge in [-0.3, -0.25) is 19.3 Å². The van der Waals surface area contributed by atoms with E-state index in [-0.39, 0.29) is 18.2 Å². The quantitative estimate of drug-likeness (QED) is 0.661.